The van der Waals surface area contributed by atoms with Crippen LogP contribution in [-0.4, -0.2) is 62.1 Å². The molecular formula is C26H26F4N4O3. The maximum Gasteiger partial charge on any atom is 0.490 e. The topological polar surface area (TPSA) is 78.7 Å². The second-order valence-electron chi connectivity index (χ2n) is 8.90. The SMILES string of the molecule is O=C(CCN1CCc2c(ncn2-c2ccc(F)cc2)C1)N1CCc2ccccc2C1.O=C(O)C(F)(F)F. The van der Waals surface area contributed by atoms with Crippen molar-refractivity contribution in [3.05, 3.63) is 83.2 Å². The van der Waals surface area contributed by atoms with Crippen LogP contribution in [0.5, 0.6) is 0 Å². The predicted octanol–water partition coefficient (Wildman–Crippen LogP) is 3.98. The van der Waals surface area contributed by atoms with Crippen LogP contribution >= 0.6 is 0 Å². The molecule has 3 heterocycles. The van der Waals surface area contributed by atoms with Crippen LogP contribution in [0.25, 0.3) is 5.69 Å². The summed E-state index contributed by atoms with van der Waals surface area (Å²) in [5, 5.41) is 7.12. The largest absolute Gasteiger partial charge is 0.490 e. The molecule has 0 saturated carbocycles. The molecule has 11 heteroatoms. The van der Waals surface area contributed by atoms with E-state index in [-0.39, 0.29) is 11.7 Å². The van der Waals surface area contributed by atoms with E-state index in [4.69, 9.17) is 9.90 Å². The number of aliphatic carboxylic acids is 1. The number of halogens is 4. The van der Waals surface area contributed by atoms with Gasteiger partial charge in [0.1, 0.15) is 5.82 Å². The number of nitrogens with zero attached hydrogens (tertiary/aromatic N) is 4. The summed E-state index contributed by atoms with van der Waals surface area (Å²) in [6.07, 6.45) is -0.915. The molecule has 3 aromatic rings. The Morgan fingerprint density at radius 3 is 2.30 bits per heavy atom. The Labute approximate surface area is 210 Å². The maximum atomic E-state index is 13.2. The van der Waals surface area contributed by atoms with E-state index in [1.807, 2.05) is 21.9 Å². The minimum absolute atomic E-state index is 0.229. The number of carbonyl (C=O) groups excluding carboxylic acids is 1. The molecule has 0 spiro atoms. The first kappa shape index (κ1) is 26.3. The maximum absolute atomic E-state index is 13.2. The average molecular weight is 519 g/mol. The first-order valence-corrected chi connectivity index (χ1v) is 11.8. The third-order valence-electron chi connectivity index (χ3n) is 6.46. The molecule has 0 radical (unpaired) electrons. The summed E-state index contributed by atoms with van der Waals surface area (Å²) >= 11 is 0. The van der Waals surface area contributed by atoms with Crippen molar-refractivity contribution in [2.75, 3.05) is 19.6 Å². The number of benzene rings is 2. The smallest absolute Gasteiger partial charge is 0.475 e. The fourth-order valence-electron chi connectivity index (χ4n) is 4.50. The minimum Gasteiger partial charge on any atom is -0.475 e. The Hall–Kier alpha value is -3.73. The average Bonchev–Trinajstić information content (AvgIpc) is 3.30. The van der Waals surface area contributed by atoms with Crippen LogP contribution in [0.4, 0.5) is 17.6 Å². The van der Waals surface area contributed by atoms with E-state index in [1.54, 1.807) is 12.1 Å². The number of fused-ring (bicyclic) bond motifs is 2. The molecule has 196 valence electrons. The Kier molecular flexibility index (Phi) is 7.91. The molecule has 0 fully saturated rings. The third-order valence-corrected chi connectivity index (χ3v) is 6.46. The molecule has 0 bridgehead atoms. The van der Waals surface area contributed by atoms with E-state index in [1.165, 1.54) is 29.0 Å². The summed E-state index contributed by atoms with van der Waals surface area (Å²) in [5.74, 6) is -2.76. The number of carboxylic acid groups (broad SMARTS) is 1. The molecule has 1 aromatic heterocycles. The lowest BCUT2D eigenvalue weighted by Crippen LogP contribution is -2.39. The van der Waals surface area contributed by atoms with Gasteiger partial charge >= 0.3 is 12.1 Å². The number of hydrogen-bond acceptors (Lipinski definition) is 4. The van der Waals surface area contributed by atoms with E-state index < -0.39 is 12.1 Å². The highest BCUT2D eigenvalue weighted by Gasteiger charge is 2.38. The van der Waals surface area contributed by atoms with Gasteiger partial charge in [0.25, 0.3) is 0 Å². The zero-order valence-corrected chi connectivity index (χ0v) is 19.9. The van der Waals surface area contributed by atoms with E-state index in [9.17, 15) is 22.4 Å². The molecule has 0 saturated heterocycles. The molecule has 2 aromatic carbocycles. The number of hydrogen-bond donors (Lipinski definition) is 1. The van der Waals surface area contributed by atoms with Gasteiger partial charge in [0.15, 0.2) is 0 Å². The van der Waals surface area contributed by atoms with Crippen molar-refractivity contribution in [1.29, 1.82) is 0 Å². The number of amides is 1. The van der Waals surface area contributed by atoms with Crippen LogP contribution in [-0.2, 0) is 35.5 Å². The summed E-state index contributed by atoms with van der Waals surface area (Å²) in [6, 6.07) is 14.9. The monoisotopic (exact) mass is 518 g/mol. The van der Waals surface area contributed by atoms with Gasteiger partial charge in [0.05, 0.1) is 12.0 Å². The first-order chi connectivity index (χ1) is 17.6. The van der Waals surface area contributed by atoms with Crippen molar-refractivity contribution in [3.8, 4) is 5.69 Å². The van der Waals surface area contributed by atoms with E-state index >= 15 is 0 Å². The molecule has 7 nitrogen and oxygen atoms in total. The van der Waals surface area contributed by atoms with Gasteiger partial charge in [-0.3, -0.25) is 9.69 Å². The molecule has 5 rings (SSSR count). The Bertz CT molecular complexity index is 1260. The lowest BCUT2D eigenvalue weighted by atomic mass is 10.00. The van der Waals surface area contributed by atoms with Crippen LogP contribution in [0.1, 0.15) is 28.9 Å². The van der Waals surface area contributed by atoms with E-state index in [2.05, 4.69) is 28.1 Å². The van der Waals surface area contributed by atoms with Crippen LogP contribution in [0.2, 0.25) is 0 Å². The highest BCUT2D eigenvalue weighted by Crippen LogP contribution is 2.23. The number of carbonyl (C=O) groups is 2. The molecule has 37 heavy (non-hydrogen) atoms. The number of imidazole rings is 1. The number of aromatic nitrogens is 2. The zero-order chi connectivity index (χ0) is 26.6. The highest BCUT2D eigenvalue weighted by molar-refractivity contribution is 5.76. The summed E-state index contributed by atoms with van der Waals surface area (Å²) in [6.45, 7) is 3.93. The molecule has 1 amide bonds. The summed E-state index contributed by atoms with van der Waals surface area (Å²) < 4.78 is 47.0. The van der Waals surface area contributed by atoms with Gasteiger partial charge in [-0.15, -0.1) is 0 Å². The normalized spacial score (nSPS) is 15.3. The second kappa shape index (κ2) is 11.1. The van der Waals surface area contributed by atoms with Gasteiger partial charge in [-0.1, -0.05) is 24.3 Å². The number of rotatable bonds is 4. The quantitative estimate of drug-likeness (QED) is 0.529. The fraction of sp³-hybridized carbons (Fsp3) is 0.346. The van der Waals surface area contributed by atoms with Gasteiger partial charge < -0.3 is 14.6 Å². The zero-order valence-electron chi connectivity index (χ0n) is 19.9. The lowest BCUT2D eigenvalue weighted by molar-refractivity contribution is -0.192. The van der Waals surface area contributed by atoms with Crippen molar-refractivity contribution < 1.29 is 32.3 Å². The predicted molar refractivity (Wildman–Crippen MR) is 126 cm³/mol. The van der Waals surface area contributed by atoms with Crippen LogP contribution in [0, 0.1) is 5.82 Å². The van der Waals surface area contributed by atoms with Crippen LogP contribution in [0.15, 0.2) is 54.9 Å². The molecule has 0 aliphatic carbocycles. The number of alkyl halides is 3. The highest BCUT2D eigenvalue weighted by atomic mass is 19.4. The van der Waals surface area contributed by atoms with Crippen molar-refractivity contribution in [2.45, 2.75) is 38.5 Å². The lowest BCUT2D eigenvalue weighted by Gasteiger charge is -2.31. The molecule has 1 N–H and O–H groups in total. The van der Waals surface area contributed by atoms with Crippen molar-refractivity contribution in [1.82, 2.24) is 19.4 Å². The van der Waals surface area contributed by atoms with Gasteiger partial charge in [-0.05, 0) is 41.8 Å². The molecule has 2 aliphatic heterocycles. The van der Waals surface area contributed by atoms with Crippen LogP contribution < -0.4 is 0 Å². The molecule has 2 aliphatic rings. The summed E-state index contributed by atoms with van der Waals surface area (Å²) in [5.41, 5.74) is 5.79. The molecular weight excluding hydrogens is 492 g/mol. The number of carboxylic acids is 1. The van der Waals surface area contributed by atoms with Gasteiger partial charge in [-0.2, -0.15) is 13.2 Å². The van der Waals surface area contributed by atoms with Crippen molar-refractivity contribution >= 4 is 11.9 Å². The van der Waals surface area contributed by atoms with E-state index in [0.717, 1.165) is 56.9 Å². The molecule has 0 unspecified atom stereocenters. The van der Waals surface area contributed by atoms with Gasteiger partial charge in [0, 0.05) is 56.9 Å². The van der Waals surface area contributed by atoms with Crippen molar-refractivity contribution in [2.24, 2.45) is 0 Å². The minimum atomic E-state index is -5.08. The Morgan fingerprint density at radius 2 is 1.62 bits per heavy atom. The first-order valence-electron chi connectivity index (χ1n) is 11.8. The Balaban J connectivity index is 0.000000405. The summed E-state index contributed by atoms with van der Waals surface area (Å²) in [7, 11) is 0. The van der Waals surface area contributed by atoms with E-state index in [0.29, 0.717) is 6.42 Å². The molecule has 0 atom stereocenters. The second-order valence-corrected chi connectivity index (χ2v) is 8.90. The van der Waals surface area contributed by atoms with Crippen LogP contribution in [0.3, 0.4) is 0 Å². The summed E-state index contributed by atoms with van der Waals surface area (Å²) in [4.78, 5) is 30.5. The Morgan fingerprint density at radius 1 is 0.946 bits per heavy atom. The van der Waals surface area contributed by atoms with Gasteiger partial charge in [0.2, 0.25) is 5.91 Å². The fourth-order valence-corrected chi connectivity index (χ4v) is 4.50. The van der Waals surface area contributed by atoms with Crippen molar-refractivity contribution in [3.63, 3.8) is 0 Å². The van der Waals surface area contributed by atoms with Gasteiger partial charge in [-0.25, -0.2) is 14.2 Å². The standard InChI is InChI=1S/C24H25FN4O.C2HF3O2/c25-20-5-7-21(8-6-20)29-17-26-22-16-27(12-10-23(22)29)13-11-24(30)28-14-9-18-3-1-2-4-19(18)15-28;3-2(4,5)1(6)7/h1-8,17H,9-16H2;(H,6,7). The third kappa shape index (κ3) is 6.53.